The number of hydrazone groups is 1. The molecule has 3 rings (SSSR count). The summed E-state index contributed by atoms with van der Waals surface area (Å²) in [5, 5.41) is 25.8. The van der Waals surface area contributed by atoms with E-state index in [2.05, 4.69) is 10.5 Å². The summed E-state index contributed by atoms with van der Waals surface area (Å²) in [5.41, 5.74) is 2.16. The van der Waals surface area contributed by atoms with Gasteiger partial charge in [-0.05, 0) is 43.1 Å². The third-order valence-electron chi connectivity index (χ3n) is 4.63. The van der Waals surface area contributed by atoms with Crippen molar-refractivity contribution in [3.63, 3.8) is 0 Å². The lowest BCUT2D eigenvalue weighted by Gasteiger charge is -2.16. The summed E-state index contributed by atoms with van der Waals surface area (Å²) in [6, 6.07) is 3.48. The Morgan fingerprint density at radius 3 is 2.59 bits per heavy atom. The molecule has 0 heterocycles. The van der Waals surface area contributed by atoms with Crippen LogP contribution in [-0.4, -0.2) is 16.1 Å². The third-order valence-corrected chi connectivity index (χ3v) is 4.63. The lowest BCUT2D eigenvalue weighted by molar-refractivity contribution is -0.393. The van der Waals surface area contributed by atoms with E-state index in [1.807, 2.05) is 6.21 Å². The zero-order chi connectivity index (χ0) is 15.7. The maximum atomic E-state index is 11.0. The van der Waals surface area contributed by atoms with Gasteiger partial charge in [0.05, 0.1) is 15.9 Å². The van der Waals surface area contributed by atoms with Gasteiger partial charge in [-0.2, -0.15) is 5.10 Å². The van der Waals surface area contributed by atoms with Crippen LogP contribution in [0.1, 0.15) is 25.7 Å². The number of hydrogen-bond donors (Lipinski definition) is 1. The van der Waals surface area contributed by atoms with Gasteiger partial charge in [0.15, 0.2) is 0 Å². The fourth-order valence-electron chi connectivity index (χ4n) is 3.56. The molecule has 2 aliphatic carbocycles. The van der Waals surface area contributed by atoms with Crippen LogP contribution in [0.2, 0.25) is 0 Å². The Balaban J connectivity index is 1.71. The van der Waals surface area contributed by atoms with Crippen LogP contribution in [0.15, 0.2) is 23.3 Å². The van der Waals surface area contributed by atoms with Crippen molar-refractivity contribution in [2.75, 3.05) is 5.43 Å². The molecule has 1 aromatic carbocycles. The minimum absolute atomic E-state index is 0.162. The summed E-state index contributed by atoms with van der Waals surface area (Å²) in [7, 11) is 0. The Hall–Kier alpha value is -2.51. The predicted octanol–water partition coefficient (Wildman–Crippen LogP) is 3.34. The van der Waals surface area contributed by atoms with Crippen LogP contribution < -0.4 is 5.43 Å². The van der Waals surface area contributed by atoms with Crippen molar-refractivity contribution in [2.24, 2.45) is 22.9 Å². The van der Waals surface area contributed by atoms with Gasteiger partial charge < -0.3 is 0 Å². The van der Waals surface area contributed by atoms with Crippen LogP contribution in [0.25, 0.3) is 0 Å². The molecule has 116 valence electrons. The summed E-state index contributed by atoms with van der Waals surface area (Å²) in [5.74, 6) is 1.92. The van der Waals surface area contributed by atoms with Gasteiger partial charge in [0.25, 0.3) is 5.69 Å². The molecule has 1 N–H and O–H groups in total. The van der Waals surface area contributed by atoms with E-state index in [-0.39, 0.29) is 17.1 Å². The number of nitrogens with one attached hydrogen (secondary N) is 1. The van der Waals surface area contributed by atoms with Gasteiger partial charge in [-0.3, -0.25) is 25.7 Å². The smallest absolute Gasteiger partial charge is 0.272 e. The zero-order valence-electron chi connectivity index (χ0n) is 11.8. The molecule has 0 aliphatic heterocycles. The van der Waals surface area contributed by atoms with E-state index in [1.54, 1.807) is 0 Å². The monoisotopic (exact) mass is 304 g/mol. The zero-order valence-corrected chi connectivity index (χ0v) is 11.8. The van der Waals surface area contributed by atoms with Crippen molar-refractivity contribution >= 4 is 23.3 Å². The highest BCUT2D eigenvalue weighted by molar-refractivity contribution is 5.68. The summed E-state index contributed by atoms with van der Waals surface area (Å²) in [6.07, 6.45) is 6.76. The second-order valence-electron chi connectivity index (χ2n) is 5.94. The van der Waals surface area contributed by atoms with Crippen molar-refractivity contribution in [3.8, 4) is 0 Å². The molecule has 3 atom stereocenters. The topological polar surface area (TPSA) is 111 Å². The van der Waals surface area contributed by atoms with Gasteiger partial charge in [-0.15, -0.1) is 0 Å². The van der Waals surface area contributed by atoms with Gasteiger partial charge >= 0.3 is 5.69 Å². The lowest BCUT2D eigenvalue weighted by atomic mass is 9.90. The molecule has 2 aliphatic rings. The maximum Gasteiger partial charge on any atom is 0.301 e. The number of nitrogens with zero attached hydrogens (tertiary/aromatic N) is 3. The first-order chi connectivity index (χ1) is 10.5. The fourth-order valence-corrected chi connectivity index (χ4v) is 3.56. The minimum Gasteiger partial charge on any atom is -0.272 e. The molecule has 0 saturated heterocycles. The van der Waals surface area contributed by atoms with Crippen LogP contribution in [0.4, 0.5) is 17.1 Å². The molecular formula is C14H16N4O4. The van der Waals surface area contributed by atoms with E-state index in [1.165, 1.54) is 31.4 Å². The molecule has 1 aromatic rings. The third kappa shape index (κ3) is 2.76. The highest BCUT2D eigenvalue weighted by Gasteiger charge is 2.38. The van der Waals surface area contributed by atoms with E-state index in [0.717, 1.165) is 18.4 Å². The molecule has 2 bridgehead atoms. The summed E-state index contributed by atoms with van der Waals surface area (Å²) < 4.78 is 0. The van der Waals surface area contributed by atoms with Crippen LogP contribution in [0.3, 0.4) is 0 Å². The first kappa shape index (κ1) is 14.4. The molecule has 0 unspecified atom stereocenters. The summed E-state index contributed by atoms with van der Waals surface area (Å²) in [4.78, 5) is 20.4. The fraction of sp³-hybridized carbons (Fsp3) is 0.500. The number of fused-ring (bicyclic) bond motifs is 2. The average Bonchev–Trinajstić information content (AvgIpc) is 3.09. The number of anilines is 1. The van der Waals surface area contributed by atoms with Crippen molar-refractivity contribution < 1.29 is 9.85 Å². The van der Waals surface area contributed by atoms with Crippen LogP contribution in [0, 0.1) is 38.0 Å². The van der Waals surface area contributed by atoms with Crippen LogP contribution in [0.5, 0.6) is 0 Å². The number of non-ortho nitro benzene ring substituents is 1. The summed E-state index contributed by atoms with van der Waals surface area (Å²) >= 11 is 0. The van der Waals surface area contributed by atoms with E-state index in [4.69, 9.17) is 0 Å². The molecule has 2 saturated carbocycles. The van der Waals surface area contributed by atoms with Crippen molar-refractivity contribution in [3.05, 3.63) is 38.4 Å². The second-order valence-corrected chi connectivity index (χ2v) is 5.94. The van der Waals surface area contributed by atoms with Gasteiger partial charge in [0.2, 0.25) is 0 Å². The number of benzene rings is 1. The highest BCUT2D eigenvalue weighted by atomic mass is 16.6. The maximum absolute atomic E-state index is 11.0. The Bertz CT molecular complexity index is 646. The molecule has 2 fully saturated rings. The lowest BCUT2D eigenvalue weighted by Crippen LogP contribution is -2.12. The molecule has 0 spiro atoms. The number of hydrogen-bond acceptors (Lipinski definition) is 6. The summed E-state index contributed by atoms with van der Waals surface area (Å²) in [6.45, 7) is 0. The number of rotatable bonds is 5. The standard InChI is InChI=1S/C14H16N4O4/c19-17(20)12-3-4-13(14(7-12)18(21)22)16-15-8-11-6-9-1-2-10(11)5-9/h3-4,7-11,16H,1-2,5-6H2/b15-8-/t9-,10+,11+/m0/s1. The quantitative estimate of drug-likeness (QED) is 0.509. The van der Waals surface area contributed by atoms with E-state index in [9.17, 15) is 20.2 Å². The SMILES string of the molecule is O=[N+]([O-])c1ccc(N/N=C\[C@H]2C[C@H]3CC[C@@H]2C3)c([N+](=O)[O-])c1. The Labute approximate surface area is 126 Å². The highest BCUT2D eigenvalue weighted by Crippen LogP contribution is 2.47. The minimum atomic E-state index is -0.657. The van der Waals surface area contributed by atoms with E-state index >= 15 is 0 Å². The predicted molar refractivity (Wildman–Crippen MR) is 80.8 cm³/mol. The Morgan fingerprint density at radius 2 is 2.00 bits per heavy atom. The van der Waals surface area contributed by atoms with Crippen molar-refractivity contribution in [2.45, 2.75) is 25.7 Å². The van der Waals surface area contributed by atoms with Crippen molar-refractivity contribution in [1.82, 2.24) is 0 Å². The molecule has 22 heavy (non-hydrogen) atoms. The van der Waals surface area contributed by atoms with E-state index in [0.29, 0.717) is 11.8 Å². The Kier molecular flexibility index (Phi) is 3.74. The number of nitro benzene ring substituents is 2. The van der Waals surface area contributed by atoms with Crippen molar-refractivity contribution in [1.29, 1.82) is 0 Å². The van der Waals surface area contributed by atoms with Gasteiger partial charge in [0.1, 0.15) is 5.69 Å². The number of nitro groups is 2. The Morgan fingerprint density at radius 1 is 1.18 bits per heavy atom. The largest absolute Gasteiger partial charge is 0.301 e. The molecular weight excluding hydrogens is 288 g/mol. The second kappa shape index (κ2) is 5.70. The van der Waals surface area contributed by atoms with Gasteiger partial charge in [0, 0.05) is 12.3 Å². The van der Waals surface area contributed by atoms with E-state index < -0.39 is 9.85 Å². The molecule has 0 radical (unpaired) electrons. The van der Waals surface area contributed by atoms with Gasteiger partial charge in [-0.1, -0.05) is 6.42 Å². The first-order valence-electron chi connectivity index (χ1n) is 7.26. The normalized spacial score (nSPS) is 26.5. The van der Waals surface area contributed by atoms with Crippen LogP contribution >= 0.6 is 0 Å². The van der Waals surface area contributed by atoms with Crippen LogP contribution in [-0.2, 0) is 0 Å². The molecule has 0 aromatic heterocycles. The molecule has 8 nitrogen and oxygen atoms in total. The molecule has 0 amide bonds. The average molecular weight is 304 g/mol. The van der Waals surface area contributed by atoms with Gasteiger partial charge in [-0.25, -0.2) is 0 Å². The first-order valence-corrected chi connectivity index (χ1v) is 7.26. The molecule has 8 heteroatoms.